The molecular weight excluding hydrogens is 603 g/mol. The fourth-order valence-corrected chi connectivity index (χ4v) is 6.25. The fraction of sp³-hybridized carbons (Fsp3) is 0.186. The molecule has 7 aromatic rings. The Hall–Kier alpha value is -5.84. The van der Waals surface area contributed by atoms with Gasteiger partial charge in [0.05, 0.1) is 24.0 Å². The van der Waals surface area contributed by atoms with E-state index in [4.69, 9.17) is 21.6 Å². The van der Waals surface area contributed by atoms with E-state index in [2.05, 4.69) is 82.4 Å². The van der Waals surface area contributed by atoms with Crippen molar-refractivity contribution in [3.63, 3.8) is 0 Å². The Labute approximate surface area is 294 Å². The molecule has 240 valence electrons. The number of pyridine rings is 2. The van der Waals surface area contributed by atoms with E-state index in [1.54, 1.807) is 0 Å². The van der Waals surface area contributed by atoms with Gasteiger partial charge in [0.1, 0.15) is 11.6 Å². The second-order valence-corrected chi connectivity index (χ2v) is 14.3. The van der Waals surface area contributed by atoms with E-state index < -0.39 is 18.1 Å². The predicted molar refractivity (Wildman–Crippen MR) is 201 cm³/mol. The summed E-state index contributed by atoms with van der Waals surface area (Å²) in [5.74, 6) is 1.77. The summed E-state index contributed by atoms with van der Waals surface area (Å²) in [6, 6.07) is 29.3. The van der Waals surface area contributed by atoms with Crippen LogP contribution < -0.4 is 13.9 Å². The lowest BCUT2D eigenvalue weighted by atomic mass is 9.86. The van der Waals surface area contributed by atoms with Gasteiger partial charge in [0.2, 0.25) is 17.3 Å². The molecule has 0 radical (unpaired) electrons. The number of benzene rings is 4. The smallest absolute Gasteiger partial charge is 0.439 e. The highest BCUT2D eigenvalue weighted by molar-refractivity contribution is 6.09. The van der Waals surface area contributed by atoms with Gasteiger partial charge in [0, 0.05) is 59.5 Å². The molecule has 0 unspecified atom stereocenters. The number of para-hydroxylation sites is 4. The van der Waals surface area contributed by atoms with E-state index in [-0.39, 0.29) is 28.6 Å². The summed E-state index contributed by atoms with van der Waals surface area (Å²) in [5.41, 5.74) is 5.88. The van der Waals surface area contributed by atoms with Crippen LogP contribution in [0.1, 0.15) is 59.5 Å². The number of aromatic nitrogens is 3. The average molecular weight is 647 g/mol. The minimum Gasteiger partial charge on any atom is -0.439 e. The highest BCUT2D eigenvalue weighted by atomic mass is 16.5. The summed E-state index contributed by atoms with van der Waals surface area (Å²) in [4.78, 5) is 9.59. The molecule has 0 N–H and O–H groups in total. The van der Waals surface area contributed by atoms with Crippen LogP contribution in [0.2, 0.25) is 0 Å². The Morgan fingerprint density at radius 1 is 0.673 bits per heavy atom. The van der Waals surface area contributed by atoms with Crippen LogP contribution in [0.25, 0.3) is 27.6 Å². The van der Waals surface area contributed by atoms with Crippen molar-refractivity contribution in [2.45, 2.75) is 52.4 Å². The third kappa shape index (κ3) is 5.50. The lowest BCUT2D eigenvalue weighted by Gasteiger charge is -2.20. The second kappa shape index (κ2) is 11.4. The Bertz CT molecular complexity index is 2740. The molecule has 0 saturated heterocycles. The first-order chi connectivity index (χ1) is 25.6. The van der Waals surface area contributed by atoms with Crippen LogP contribution in [0.3, 0.4) is 0 Å². The molecule has 4 aromatic carbocycles. The third-order valence-electron chi connectivity index (χ3n) is 8.89. The molecular formula is C43H39N5O+2. The van der Waals surface area contributed by atoms with Crippen molar-refractivity contribution < 1.29 is 11.6 Å². The lowest BCUT2D eigenvalue weighted by Crippen LogP contribution is -2.12. The van der Waals surface area contributed by atoms with Crippen LogP contribution in [0.4, 0.5) is 22.7 Å². The molecule has 1 aliphatic heterocycles. The number of nitrogens with zero attached hydrogens (tertiary/aromatic N) is 5. The third-order valence-corrected chi connectivity index (χ3v) is 8.89. The fourth-order valence-electron chi connectivity index (χ4n) is 6.25. The highest BCUT2D eigenvalue weighted by Gasteiger charge is 2.37. The normalized spacial score (nSPS) is 14.4. The molecule has 6 nitrogen and oxygen atoms in total. The molecule has 3 aromatic heterocycles. The summed E-state index contributed by atoms with van der Waals surface area (Å²) in [6.45, 7) is 13.0. The molecule has 0 bridgehead atoms. The van der Waals surface area contributed by atoms with Crippen LogP contribution in [-0.4, -0.2) is 20.5 Å². The lowest BCUT2D eigenvalue weighted by molar-refractivity contribution is 0.460. The number of hydrogen-bond acceptors (Lipinski definition) is 3. The number of ether oxygens (including phenoxy) is 1. The summed E-state index contributed by atoms with van der Waals surface area (Å²) in [6.07, 6.45) is 3.71. The van der Waals surface area contributed by atoms with Crippen molar-refractivity contribution in [3.05, 3.63) is 139 Å². The Morgan fingerprint density at radius 3 is 2.10 bits per heavy atom. The minimum absolute atomic E-state index is 0.0230. The molecule has 0 spiro atoms. The quantitative estimate of drug-likeness (QED) is 0.175. The molecule has 0 fully saturated rings. The van der Waals surface area contributed by atoms with Gasteiger partial charge < -0.3 is 4.74 Å². The Morgan fingerprint density at radius 2 is 1.37 bits per heavy atom. The van der Waals surface area contributed by atoms with Gasteiger partial charge >= 0.3 is 6.01 Å². The van der Waals surface area contributed by atoms with Crippen molar-refractivity contribution >= 4 is 50.6 Å². The number of fused-ring (bicyclic) bond motifs is 4. The summed E-state index contributed by atoms with van der Waals surface area (Å²) < 4.78 is 54.2. The maximum absolute atomic E-state index is 8.68. The highest BCUT2D eigenvalue weighted by Crippen LogP contribution is 2.40. The Kier molecular flexibility index (Phi) is 5.87. The molecule has 8 rings (SSSR count). The van der Waals surface area contributed by atoms with E-state index >= 15 is 0 Å². The van der Waals surface area contributed by atoms with E-state index in [1.807, 2.05) is 71.6 Å². The second-order valence-electron chi connectivity index (χ2n) is 14.3. The van der Waals surface area contributed by atoms with Gasteiger partial charge in [-0.25, -0.2) is 9.97 Å². The van der Waals surface area contributed by atoms with Crippen LogP contribution in [0.5, 0.6) is 11.6 Å². The average Bonchev–Trinajstić information content (AvgIpc) is 3.68. The van der Waals surface area contributed by atoms with Gasteiger partial charge in [-0.2, -0.15) is 0 Å². The van der Waals surface area contributed by atoms with Crippen LogP contribution in [0.15, 0.2) is 128 Å². The van der Waals surface area contributed by atoms with Gasteiger partial charge in [0.25, 0.3) is 11.4 Å². The molecule has 49 heavy (non-hydrogen) atoms. The first kappa shape index (κ1) is 25.2. The van der Waals surface area contributed by atoms with E-state index in [9.17, 15) is 0 Å². The van der Waals surface area contributed by atoms with Crippen molar-refractivity contribution in [2.75, 3.05) is 0 Å². The largest absolute Gasteiger partial charge is 0.503 e. The zero-order valence-corrected chi connectivity index (χ0v) is 28.4. The molecule has 0 saturated carbocycles. The first-order valence-electron chi connectivity index (χ1n) is 18.8. The van der Waals surface area contributed by atoms with E-state index in [0.29, 0.717) is 17.3 Å². The van der Waals surface area contributed by atoms with E-state index in [0.717, 1.165) is 44.6 Å². The maximum atomic E-state index is 8.68. The molecule has 0 aliphatic carbocycles. The summed E-state index contributed by atoms with van der Waals surface area (Å²) in [5, 5.41) is 2.05. The van der Waals surface area contributed by atoms with Crippen molar-refractivity contribution in [1.29, 1.82) is 0 Å². The number of rotatable bonds is 5. The van der Waals surface area contributed by atoms with Crippen LogP contribution in [-0.2, 0) is 10.8 Å². The monoisotopic (exact) mass is 646 g/mol. The summed E-state index contributed by atoms with van der Waals surface area (Å²) >= 11 is 0. The molecule has 1 aliphatic rings. The van der Waals surface area contributed by atoms with Gasteiger partial charge in [-0.15, -0.1) is 0 Å². The zero-order valence-electron chi connectivity index (χ0n) is 33.4. The molecule has 6 heteroatoms. The van der Waals surface area contributed by atoms with E-state index in [1.165, 1.54) is 10.1 Å². The topological polar surface area (TPSA) is 46.0 Å². The Balaban J connectivity index is 1.29. The van der Waals surface area contributed by atoms with Gasteiger partial charge in [-0.3, -0.25) is 4.57 Å². The van der Waals surface area contributed by atoms with Gasteiger partial charge in [-0.1, -0.05) is 90.0 Å². The van der Waals surface area contributed by atoms with Crippen LogP contribution in [0, 0.1) is 0 Å². The van der Waals surface area contributed by atoms with Crippen LogP contribution >= 0.6 is 0 Å². The zero-order chi connectivity index (χ0) is 38.3. The maximum Gasteiger partial charge on any atom is 0.503 e. The summed E-state index contributed by atoms with van der Waals surface area (Å²) in [7, 11) is 0. The van der Waals surface area contributed by atoms with Crippen molar-refractivity contribution in [3.8, 4) is 17.4 Å². The molecule has 0 atom stereocenters. The standard InChI is InChI=1S/C43H39N5O/c1-42(2,3)29-20-21-44-40(24-29)48-36-17-11-10-16-34(36)35-27-45-41(26-39(35)48)49-33-23-30(43(4,5)6)22-32(25-33)47-28-46(31-14-8-7-9-15-31)37-18-12-13-19-38(37)47/h7-27H,1-6H3/q+2/i7D,8D,9D,14D,15D. The minimum atomic E-state index is -0.445. The first-order valence-corrected chi connectivity index (χ1v) is 16.3. The number of hydrogen-bond donors (Lipinski definition) is 0. The van der Waals surface area contributed by atoms with Crippen molar-refractivity contribution in [1.82, 2.24) is 23.7 Å². The molecule has 0 amide bonds. The van der Waals surface area contributed by atoms with Crippen molar-refractivity contribution in [2.24, 2.45) is 0 Å². The molecule has 4 heterocycles. The SMILES string of the molecule is [2H]c1c([2H])c([2H])c([N+]2=C=[N+](c3cc(Oc4cc5c(cn4)c4ccccc4n5-c4cc(C(C)(C)C)ccn4)cc(C(C)(C)C)c3)c3ccccc32)c([2H])c1[2H]. The predicted octanol–water partition coefficient (Wildman–Crippen LogP) is 10.8. The van der Waals surface area contributed by atoms with Gasteiger partial charge in [0.15, 0.2) is 0 Å². The van der Waals surface area contributed by atoms with Gasteiger partial charge in [-0.05, 0) is 55.4 Å².